The van der Waals surface area contributed by atoms with Crippen molar-refractivity contribution in [2.75, 3.05) is 19.5 Å². The molecule has 3 amide bonds. The van der Waals surface area contributed by atoms with Gasteiger partial charge in [-0.25, -0.2) is 4.79 Å². The summed E-state index contributed by atoms with van der Waals surface area (Å²) in [7, 11) is 3.08. The van der Waals surface area contributed by atoms with Crippen LogP contribution >= 0.6 is 0 Å². The summed E-state index contributed by atoms with van der Waals surface area (Å²) < 4.78 is 10.6. The molecule has 7 nitrogen and oxygen atoms in total. The number of fused-ring (bicyclic) bond motifs is 1. The zero-order valence-corrected chi connectivity index (χ0v) is 17.5. The molecule has 0 saturated carbocycles. The predicted molar refractivity (Wildman–Crippen MR) is 119 cm³/mol. The van der Waals surface area contributed by atoms with Crippen LogP contribution in [0.25, 0.3) is 10.8 Å². The van der Waals surface area contributed by atoms with Crippen LogP contribution in [0.4, 0.5) is 10.5 Å². The number of benzene rings is 3. The fourth-order valence-corrected chi connectivity index (χ4v) is 3.83. The number of methoxy groups -OCH3 is 2. The van der Waals surface area contributed by atoms with Crippen LogP contribution in [0.1, 0.15) is 18.5 Å². The maximum absolute atomic E-state index is 13.4. The zero-order valence-electron chi connectivity index (χ0n) is 17.5. The van der Waals surface area contributed by atoms with Gasteiger partial charge in [-0.3, -0.25) is 4.79 Å². The molecule has 31 heavy (non-hydrogen) atoms. The Morgan fingerprint density at radius 2 is 1.77 bits per heavy atom. The molecule has 1 aliphatic rings. The summed E-state index contributed by atoms with van der Waals surface area (Å²) in [5.74, 6) is 0.735. The highest BCUT2D eigenvalue weighted by Crippen LogP contribution is 2.34. The van der Waals surface area contributed by atoms with Crippen LogP contribution in [0, 0.1) is 0 Å². The van der Waals surface area contributed by atoms with Gasteiger partial charge in [-0.1, -0.05) is 42.5 Å². The lowest BCUT2D eigenvalue weighted by atomic mass is 9.91. The number of carbonyl (C=O) groups excluding carboxylic acids is 2. The molecule has 3 N–H and O–H groups in total. The van der Waals surface area contributed by atoms with Gasteiger partial charge in [0.05, 0.1) is 31.5 Å². The highest BCUT2D eigenvalue weighted by atomic mass is 16.5. The van der Waals surface area contributed by atoms with E-state index in [0.717, 1.165) is 16.3 Å². The van der Waals surface area contributed by atoms with Crippen molar-refractivity contribution in [2.24, 2.45) is 0 Å². The molecule has 3 aromatic carbocycles. The molecule has 0 bridgehead atoms. The van der Waals surface area contributed by atoms with Crippen molar-refractivity contribution in [2.45, 2.75) is 13.0 Å². The standard InChI is InChI=1S/C24H23N3O4/c1-14-21(23(28)26-19-13-16(30-2)11-12-20(19)31-3)22(27-24(29)25-14)18-10-6-8-15-7-4-5-9-17(15)18/h4-13,22H,1-3H3,(H,26,28)(H2,25,27,29)/t22-/m1/s1. The summed E-state index contributed by atoms with van der Waals surface area (Å²) in [6, 6.07) is 17.9. The fraction of sp³-hybridized carbons (Fsp3) is 0.167. The Hall–Kier alpha value is -4.00. The van der Waals surface area contributed by atoms with Crippen LogP contribution in [0.2, 0.25) is 0 Å². The third-order valence-corrected chi connectivity index (χ3v) is 5.30. The Kier molecular flexibility index (Phi) is 5.49. The molecule has 0 fully saturated rings. The molecule has 0 radical (unpaired) electrons. The van der Waals surface area contributed by atoms with E-state index in [4.69, 9.17) is 9.47 Å². The molecular weight excluding hydrogens is 394 g/mol. The van der Waals surface area contributed by atoms with Gasteiger partial charge in [0.25, 0.3) is 5.91 Å². The first-order chi connectivity index (χ1) is 15.0. The van der Waals surface area contributed by atoms with Gasteiger partial charge in [0.2, 0.25) is 0 Å². The number of hydrogen-bond acceptors (Lipinski definition) is 4. The van der Waals surface area contributed by atoms with Crippen LogP contribution in [0.5, 0.6) is 11.5 Å². The molecule has 1 atom stereocenters. The van der Waals surface area contributed by atoms with Gasteiger partial charge < -0.3 is 25.4 Å². The number of carbonyl (C=O) groups is 2. The molecule has 0 aliphatic carbocycles. The number of nitrogens with one attached hydrogen (secondary N) is 3. The van der Waals surface area contributed by atoms with E-state index in [9.17, 15) is 9.59 Å². The number of allylic oxidation sites excluding steroid dienone is 1. The smallest absolute Gasteiger partial charge is 0.319 e. The number of rotatable bonds is 5. The minimum Gasteiger partial charge on any atom is -0.497 e. The van der Waals surface area contributed by atoms with Crippen LogP contribution in [-0.4, -0.2) is 26.2 Å². The highest BCUT2D eigenvalue weighted by Gasteiger charge is 2.32. The Bertz CT molecular complexity index is 1200. The quantitative estimate of drug-likeness (QED) is 0.583. The molecule has 3 aromatic rings. The third-order valence-electron chi connectivity index (χ3n) is 5.30. The Labute approximate surface area is 180 Å². The SMILES string of the molecule is COc1ccc(OC)c(NC(=O)C2=C(C)NC(=O)N[C@@H]2c2cccc3ccccc23)c1. The Morgan fingerprint density at radius 3 is 2.55 bits per heavy atom. The molecule has 0 spiro atoms. The molecule has 0 saturated heterocycles. The summed E-state index contributed by atoms with van der Waals surface area (Å²) in [5, 5.41) is 10.5. The molecule has 1 heterocycles. The second kappa shape index (κ2) is 8.39. The average Bonchev–Trinajstić information content (AvgIpc) is 2.78. The lowest BCUT2D eigenvalue weighted by molar-refractivity contribution is -0.113. The van der Waals surface area contributed by atoms with E-state index in [1.807, 2.05) is 42.5 Å². The van der Waals surface area contributed by atoms with Crippen LogP contribution < -0.4 is 25.4 Å². The number of urea groups is 1. The van der Waals surface area contributed by atoms with E-state index in [1.165, 1.54) is 7.11 Å². The lowest BCUT2D eigenvalue weighted by Gasteiger charge is -2.29. The molecule has 0 unspecified atom stereocenters. The highest BCUT2D eigenvalue weighted by molar-refractivity contribution is 6.08. The normalized spacial score (nSPS) is 15.8. The van der Waals surface area contributed by atoms with E-state index in [0.29, 0.717) is 28.5 Å². The summed E-state index contributed by atoms with van der Waals surface area (Å²) in [5.41, 5.74) is 2.22. The van der Waals surface area contributed by atoms with E-state index < -0.39 is 6.04 Å². The maximum atomic E-state index is 13.4. The van der Waals surface area contributed by atoms with E-state index in [1.54, 1.807) is 32.2 Å². The largest absolute Gasteiger partial charge is 0.497 e. The van der Waals surface area contributed by atoms with Crippen molar-refractivity contribution in [1.82, 2.24) is 10.6 Å². The lowest BCUT2D eigenvalue weighted by Crippen LogP contribution is -2.46. The molecule has 4 rings (SSSR count). The second-order valence-electron chi connectivity index (χ2n) is 7.16. The first kappa shape index (κ1) is 20.3. The number of amides is 3. The van der Waals surface area contributed by atoms with Gasteiger partial charge in [-0.15, -0.1) is 0 Å². The summed E-state index contributed by atoms with van der Waals surface area (Å²) in [4.78, 5) is 25.7. The predicted octanol–water partition coefficient (Wildman–Crippen LogP) is 4.12. The van der Waals surface area contributed by atoms with Gasteiger partial charge in [0, 0.05) is 11.8 Å². The first-order valence-electron chi connectivity index (χ1n) is 9.81. The van der Waals surface area contributed by atoms with Gasteiger partial charge >= 0.3 is 6.03 Å². The summed E-state index contributed by atoms with van der Waals surface area (Å²) in [6.45, 7) is 1.72. The van der Waals surface area contributed by atoms with Gasteiger partial charge in [0.1, 0.15) is 11.5 Å². The average molecular weight is 417 g/mol. The zero-order chi connectivity index (χ0) is 22.0. The summed E-state index contributed by atoms with van der Waals surface area (Å²) in [6.07, 6.45) is 0. The van der Waals surface area contributed by atoms with Gasteiger partial charge in [-0.2, -0.15) is 0 Å². The third kappa shape index (κ3) is 3.90. The van der Waals surface area contributed by atoms with Crippen LogP contribution in [0.3, 0.4) is 0 Å². The first-order valence-corrected chi connectivity index (χ1v) is 9.81. The van der Waals surface area contributed by atoms with Crippen LogP contribution in [0.15, 0.2) is 71.9 Å². The molecule has 158 valence electrons. The Morgan fingerprint density at radius 1 is 1.00 bits per heavy atom. The second-order valence-corrected chi connectivity index (χ2v) is 7.16. The van der Waals surface area contributed by atoms with E-state index in [-0.39, 0.29) is 11.9 Å². The van der Waals surface area contributed by atoms with Crippen molar-refractivity contribution in [3.63, 3.8) is 0 Å². The maximum Gasteiger partial charge on any atom is 0.319 e. The molecular formula is C24H23N3O4. The van der Waals surface area contributed by atoms with Crippen molar-refractivity contribution in [3.05, 3.63) is 77.5 Å². The molecule has 0 aromatic heterocycles. The van der Waals surface area contributed by atoms with Crippen molar-refractivity contribution in [3.8, 4) is 11.5 Å². The van der Waals surface area contributed by atoms with Crippen LogP contribution in [-0.2, 0) is 4.79 Å². The topological polar surface area (TPSA) is 88.7 Å². The number of hydrogen-bond donors (Lipinski definition) is 3. The van der Waals surface area contributed by atoms with Crippen molar-refractivity contribution < 1.29 is 19.1 Å². The van der Waals surface area contributed by atoms with Gasteiger partial charge in [-0.05, 0) is 35.4 Å². The van der Waals surface area contributed by atoms with Crippen molar-refractivity contribution in [1.29, 1.82) is 0 Å². The number of ether oxygens (including phenoxy) is 2. The van der Waals surface area contributed by atoms with Crippen molar-refractivity contribution >= 4 is 28.4 Å². The monoisotopic (exact) mass is 417 g/mol. The van der Waals surface area contributed by atoms with Gasteiger partial charge in [0.15, 0.2) is 0 Å². The minimum atomic E-state index is -0.614. The number of anilines is 1. The van der Waals surface area contributed by atoms with E-state index in [2.05, 4.69) is 16.0 Å². The minimum absolute atomic E-state index is 0.352. The fourth-order valence-electron chi connectivity index (χ4n) is 3.83. The Balaban J connectivity index is 1.77. The molecule has 1 aliphatic heterocycles. The van der Waals surface area contributed by atoms with E-state index >= 15 is 0 Å². The summed E-state index contributed by atoms with van der Waals surface area (Å²) >= 11 is 0. The molecule has 7 heteroatoms.